The third-order valence-electron chi connectivity index (χ3n) is 10.0. The van der Waals surface area contributed by atoms with Crippen LogP contribution in [-0.4, -0.2) is 47.6 Å². The van der Waals surface area contributed by atoms with Gasteiger partial charge in [0.15, 0.2) is 0 Å². The van der Waals surface area contributed by atoms with Crippen LogP contribution in [0.5, 0.6) is 23.0 Å². The first kappa shape index (κ1) is 29.7. The van der Waals surface area contributed by atoms with E-state index in [9.17, 15) is 19.8 Å². The van der Waals surface area contributed by atoms with Gasteiger partial charge in [0.25, 0.3) is 0 Å². The molecule has 0 bridgehead atoms. The Morgan fingerprint density at radius 3 is 1.49 bits per heavy atom. The monoisotopic (exact) mass is 632 g/mol. The van der Waals surface area contributed by atoms with Crippen LogP contribution in [0, 0.1) is 0 Å². The van der Waals surface area contributed by atoms with Gasteiger partial charge in [-0.2, -0.15) is 0 Å². The standard InChI is InChI=1S/C39H36O8/c40-38(41)36-28(24(15-26-9-5-13-44-26)19-34-30(36)17-22-7-1-3-11-32(22)46-34)21-29-25(16-27-10-6-14-45-27)20-35-31(37(29)39(42)43)18-23-8-2-4-12-33(23)47-35/h1-4,7-8,11-12,19-20,26-27H,5-6,9-10,13-18,21H2,(H,40,41)(H,42,43). The van der Waals surface area contributed by atoms with Crippen molar-refractivity contribution < 1.29 is 38.7 Å². The van der Waals surface area contributed by atoms with Crippen molar-refractivity contribution in [2.45, 2.75) is 70.0 Å². The summed E-state index contributed by atoms with van der Waals surface area (Å²) in [6.07, 6.45) is 5.52. The first-order valence-corrected chi connectivity index (χ1v) is 16.5. The molecule has 8 rings (SSSR count). The molecule has 4 aromatic rings. The maximum atomic E-state index is 13.3. The van der Waals surface area contributed by atoms with Crippen molar-refractivity contribution in [2.24, 2.45) is 0 Å². The van der Waals surface area contributed by atoms with E-state index in [1.54, 1.807) is 0 Å². The van der Waals surface area contributed by atoms with Crippen LogP contribution in [0.2, 0.25) is 0 Å². The van der Waals surface area contributed by atoms with Crippen LogP contribution in [-0.2, 0) is 41.6 Å². The lowest BCUT2D eigenvalue weighted by Crippen LogP contribution is -2.21. The van der Waals surface area contributed by atoms with Crippen LogP contribution < -0.4 is 9.47 Å². The molecule has 0 radical (unpaired) electrons. The highest BCUT2D eigenvalue weighted by molar-refractivity contribution is 5.95. The Morgan fingerprint density at radius 1 is 0.638 bits per heavy atom. The summed E-state index contributed by atoms with van der Waals surface area (Å²) in [6.45, 7) is 1.34. The molecule has 2 N–H and O–H groups in total. The molecule has 0 aromatic heterocycles. The third kappa shape index (κ3) is 5.55. The van der Waals surface area contributed by atoms with Gasteiger partial charge in [-0.25, -0.2) is 9.59 Å². The first-order valence-electron chi connectivity index (χ1n) is 16.5. The van der Waals surface area contributed by atoms with Gasteiger partial charge in [0, 0.05) is 37.2 Å². The Bertz CT molecular complexity index is 1760. The van der Waals surface area contributed by atoms with E-state index in [0.717, 1.165) is 47.9 Å². The number of carboxylic acid groups (broad SMARTS) is 2. The van der Waals surface area contributed by atoms with E-state index in [0.29, 0.717) is 84.1 Å². The van der Waals surface area contributed by atoms with Crippen LogP contribution in [0.3, 0.4) is 0 Å². The second kappa shape index (κ2) is 12.2. The minimum absolute atomic E-state index is 0.0527. The number of benzene rings is 4. The highest BCUT2D eigenvalue weighted by atomic mass is 16.5. The molecule has 8 nitrogen and oxygen atoms in total. The quantitative estimate of drug-likeness (QED) is 0.177. The number of hydrogen-bond acceptors (Lipinski definition) is 6. The molecule has 8 heteroatoms. The van der Waals surface area contributed by atoms with Crippen molar-refractivity contribution in [1.82, 2.24) is 0 Å². The summed E-state index contributed by atoms with van der Waals surface area (Å²) < 4.78 is 24.7. The molecule has 4 heterocycles. The summed E-state index contributed by atoms with van der Waals surface area (Å²) in [5.74, 6) is 0.392. The average molecular weight is 633 g/mol. The average Bonchev–Trinajstić information content (AvgIpc) is 3.78. The zero-order valence-corrected chi connectivity index (χ0v) is 26.1. The largest absolute Gasteiger partial charge is 0.478 e. The van der Waals surface area contributed by atoms with Gasteiger partial charge in [0.1, 0.15) is 23.0 Å². The molecule has 2 unspecified atom stereocenters. The smallest absolute Gasteiger partial charge is 0.336 e. The molecular formula is C39H36O8. The van der Waals surface area contributed by atoms with Crippen molar-refractivity contribution in [3.8, 4) is 23.0 Å². The first-order chi connectivity index (χ1) is 22.9. The fourth-order valence-corrected chi connectivity index (χ4v) is 7.81. The number of carbonyl (C=O) groups is 2. The molecule has 0 spiro atoms. The summed E-state index contributed by atoms with van der Waals surface area (Å²) >= 11 is 0. The van der Waals surface area contributed by atoms with Gasteiger partial charge in [-0.15, -0.1) is 0 Å². The van der Waals surface area contributed by atoms with Crippen molar-refractivity contribution in [3.63, 3.8) is 0 Å². The molecule has 4 aliphatic heterocycles. The zero-order chi connectivity index (χ0) is 32.1. The molecule has 4 aromatic carbocycles. The Hall–Kier alpha value is -4.66. The lowest BCUT2D eigenvalue weighted by atomic mass is 9.81. The molecule has 4 aliphatic rings. The van der Waals surface area contributed by atoms with E-state index in [-0.39, 0.29) is 29.8 Å². The fraction of sp³-hybridized carbons (Fsp3) is 0.333. The van der Waals surface area contributed by atoms with E-state index in [4.69, 9.17) is 18.9 Å². The number of para-hydroxylation sites is 2. The predicted octanol–water partition coefficient (Wildman–Crippen LogP) is 7.51. The zero-order valence-electron chi connectivity index (χ0n) is 26.1. The number of aromatic carboxylic acids is 2. The van der Waals surface area contributed by atoms with E-state index in [2.05, 4.69) is 0 Å². The molecule has 2 saturated heterocycles. The molecular weight excluding hydrogens is 596 g/mol. The number of ether oxygens (including phenoxy) is 4. The van der Waals surface area contributed by atoms with Gasteiger partial charge in [-0.1, -0.05) is 36.4 Å². The van der Waals surface area contributed by atoms with Gasteiger partial charge in [0.2, 0.25) is 0 Å². The summed E-state index contributed by atoms with van der Waals surface area (Å²) in [7, 11) is 0. The highest BCUT2D eigenvalue weighted by Crippen LogP contribution is 2.45. The van der Waals surface area contributed by atoms with E-state index in [1.165, 1.54) is 0 Å². The Kier molecular flexibility index (Phi) is 7.70. The summed E-state index contributed by atoms with van der Waals surface area (Å²) in [6, 6.07) is 19.3. The Labute approximate surface area is 272 Å². The van der Waals surface area contributed by atoms with E-state index < -0.39 is 11.9 Å². The van der Waals surface area contributed by atoms with Crippen molar-refractivity contribution in [3.05, 3.63) is 116 Å². The van der Waals surface area contributed by atoms with E-state index in [1.807, 2.05) is 60.7 Å². The highest BCUT2D eigenvalue weighted by Gasteiger charge is 2.34. The third-order valence-corrected chi connectivity index (χ3v) is 10.0. The van der Waals surface area contributed by atoms with Gasteiger partial charge in [-0.3, -0.25) is 0 Å². The molecule has 0 aliphatic carbocycles. The summed E-state index contributed by atoms with van der Waals surface area (Å²) in [5.41, 5.74) is 6.26. The molecule has 2 atom stereocenters. The summed E-state index contributed by atoms with van der Waals surface area (Å²) in [5, 5.41) is 21.7. The normalized spacial score (nSPS) is 19.1. The van der Waals surface area contributed by atoms with Crippen LogP contribution >= 0.6 is 0 Å². The lowest BCUT2D eigenvalue weighted by molar-refractivity contribution is 0.0684. The topological polar surface area (TPSA) is 112 Å². The van der Waals surface area contributed by atoms with Crippen LogP contribution in [0.1, 0.15) is 90.9 Å². The number of fused-ring (bicyclic) bond motifs is 4. The van der Waals surface area contributed by atoms with Gasteiger partial charge in [-0.05, 0) is 103 Å². The van der Waals surface area contributed by atoms with Gasteiger partial charge < -0.3 is 29.2 Å². The predicted molar refractivity (Wildman–Crippen MR) is 174 cm³/mol. The second-order valence-electron chi connectivity index (χ2n) is 13.0. The SMILES string of the molecule is O=C(O)c1c(Cc2c(CC3CCCO3)cc3c(c2C(=O)O)Cc2ccccc2O3)c(CC2CCCO2)cc2c1Cc1ccccc1O2. The summed E-state index contributed by atoms with van der Waals surface area (Å²) in [4.78, 5) is 26.6. The molecule has 0 saturated carbocycles. The van der Waals surface area contributed by atoms with Crippen LogP contribution in [0.4, 0.5) is 0 Å². The second-order valence-corrected chi connectivity index (χ2v) is 13.0. The van der Waals surface area contributed by atoms with Crippen molar-refractivity contribution >= 4 is 11.9 Å². The van der Waals surface area contributed by atoms with E-state index >= 15 is 0 Å². The Balaban J connectivity index is 1.32. The number of carboxylic acids is 2. The molecule has 0 amide bonds. The maximum Gasteiger partial charge on any atom is 0.336 e. The fourth-order valence-electron chi connectivity index (χ4n) is 7.81. The molecule has 47 heavy (non-hydrogen) atoms. The van der Waals surface area contributed by atoms with Crippen LogP contribution in [0.25, 0.3) is 0 Å². The minimum Gasteiger partial charge on any atom is -0.478 e. The number of rotatable bonds is 8. The van der Waals surface area contributed by atoms with Crippen molar-refractivity contribution in [1.29, 1.82) is 0 Å². The molecule has 240 valence electrons. The van der Waals surface area contributed by atoms with Crippen molar-refractivity contribution in [2.75, 3.05) is 13.2 Å². The Morgan fingerprint density at radius 2 is 1.09 bits per heavy atom. The minimum atomic E-state index is -1.05. The van der Waals surface area contributed by atoms with Gasteiger partial charge in [0.05, 0.1) is 23.3 Å². The molecule has 2 fully saturated rings. The van der Waals surface area contributed by atoms with Gasteiger partial charge >= 0.3 is 11.9 Å². The van der Waals surface area contributed by atoms with Crippen LogP contribution in [0.15, 0.2) is 60.7 Å². The number of hydrogen-bond donors (Lipinski definition) is 2. The maximum absolute atomic E-state index is 13.3. The lowest BCUT2D eigenvalue weighted by Gasteiger charge is -2.28.